The van der Waals surface area contributed by atoms with Crippen LogP contribution in [-0.2, 0) is 24.6 Å². The summed E-state index contributed by atoms with van der Waals surface area (Å²) in [5.74, 6) is -0.968. The van der Waals surface area contributed by atoms with E-state index >= 15 is 0 Å². The Morgan fingerprint density at radius 3 is 2.34 bits per heavy atom. The molecule has 1 aromatic carbocycles. The summed E-state index contributed by atoms with van der Waals surface area (Å²) in [6, 6.07) is 6.39. The van der Waals surface area contributed by atoms with Crippen LogP contribution in [0.1, 0.15) is 53.0 Å². The van der Waals surface area contributed by atoms with Crippen molar-refractivity contribution in [2.24, 2.45) is 0 Å². The monoisotopic (exact) mass is 468 g/mol. The number of hydrogen-bond donors (Lipinski definition) is 1. The fraction of sp³-hybridized carbons (Fsp3) is 0.571. The first kappa shape index (κ1) is 23.2. The van der Waals surface area contributed by atoms with Crippen molar-refractivity contribution in [1.82, 2.24) is 10.2 Å². The smallest absolute Gasteiger partial charge is 0.410 e. The largest absolute Gasteiger partial charge is 0.464 e. The molecular weight excluding hydrogens is 440 g/mol. The number of esters is 1. The molecule has 0 radical (unpaired) electrons. The molecule has 0 saturated carbocycles. The van der Waals surface area contributed by atoms with Crippen molar-refractivity contribution in [1.29, 1.82) is 0 Å². The summed E-state index contributed by atoms with van der Waals surface area (Å²) in [6.45, 7) is 9.28. The van der Waals surface area contributed by atoms with Crippen LogP contribution in [0.3, 0.4) is 0 Å². The van der Waals surface area contributed by atoms with Crippen LogP contribution in [0.25, 0.3) is 0 Å². The number of amides is 2. The minimum Gasteiger partial charge on any atom is -0.464 e. The SMILES string of the molecule is CCOC(=O)C(C)(NC(=O)[C@@H]1CCCN1C(=O)OC(C)(C)C)c1ccc(Br)cc1. The van der Waals surface area contributed by atoms with E-state index < -0.39 is 35.2 Å². The summed E-state index contributed by atoms with van der Waals surface area (Å²) in [6.07, 6.45) is 0.660. The van der Waals surface area contributed by atoms with Crippen molar-refractivity contribution < 1.29 is 23.9 Å². The zero-order valence-corrected chi connectivity index (χ0v) is 19.2. The number of nitrogens with one attached hydrogen (secondary N) is 1. The lowest BCUT2D eigenvalue weighted by Gasteiger charge is -2.33. The number of rotatable bonds is 5. The van der Waals surface area contributed by atoms with E-state index in [1.165, 1.54) is 4.90 Å². The van der Waals surface area contributed by atoms with Crippen LogP contribution in [0.5, 0.6) is 0 Å². The van der Waals surface area contributed by atoms with Gasteiger partial charge in [-0.05, 0) is 65.2 Å². The number of carbonyl (C=O) groups is 3. The van der Waals surface area contributed by atoms with Crippen LogP contribution in [0.2, 0.25) is 0 Å². The third-order valence-electron chi connectivity index (χ3n) is 4.66. The molecule has 1 N–H and O–H groups in total. The zero-order chi connectivity index (χ0) is 21.8. The quantitative estimate of drug-likeness (QED) is 0.665. The van der Waals surface area contributed by atoms with Crippen LogP contribution < -0.4 is 5.32 Å². The molecular formula is C21H29BrN2O5. The highest BCUT2D eigenvalue weighted by Crippen LogP contribution is 2.27. The minimum atomic E-state index is -1.38. The number of carbonyl (C=O) groups excluding carboxylic acids is 3. The predicted molar refractivity (Wildman–Crippen MR) is 112 cm³/mol. The molecule has 1 heterocycles. The Labute approximate surface area is 180 Å². The van der Waals surface area contributed by atoms with Gasteiger partial charge in [-0.25, -0.2) is 9.59 Å². The Morgan fingerprint density at radius 2 is 1.79 bits per heavy atom. The second-order valence-electron chi connectivity index (χ2n) is 8.17. The fourth-order valence-electron chi connectivity index (χ4n) is 3.21. The van der Waals surface area contributed by atoms with E-state index in [4.69, 9.17) is 9.47 Å². The number of hydrogen-bond acceptors (Lipinski definition) is 5. The highest BCUT2D eigenvalue weighted by atomic mass is 79.9. The van der Waals surface area contributed by atoms with Gasteiger partial charge in [0.05, 0.1) is 6.61 Å². The van der Waals surface area contributed by atoms with Gasteiger partial charge >= 0.3 is 12.1 Å². The lowest BCUT2D eigenvalue weighted by atomic mass is 9.91. The summed E-state index contributed by atoms with van der Waals surface area (Å²) in [4.78, 5) is 39.8. The Balaban J connectivity index is 2.25. The summed E-state index contributed by atoms with van der Waals surface area (Å²) in [7, 11) is 0. The van der Waals surface area contributed by atoms with Gasteiger partial charge in [0, 0.05) is 11.0 Å². The third-order valence-corrected chi connectivity index (χ3v) is 5.19. The molecule has 1 aliphatic rings. The van der Waals surface area contributed by atoms with Crippen molar-refractivity contribution in [3.8, 4) is 0 Å². The van der Waals surface area contributed by atoms with Crippen LogP contribution in [0.4, 0.5) is 4.79 Å². The molecule has 0 bridgehead atoms. The van der Waals surface area contributed by atoms with Gasteiger partial charge in [-0.15, -0.1) is 0 Å². The highest BCUT2D eigenvalue weighted by molar-refractivity contribution is 9.10. The summed E-state index contributed by atoms with van der Waals surface area (Å²) >= 11 is 3.37. The number of likely N-dealkylation sites (tertiary alicyclic amines) is 1. The first-order valence-corrected chi connectivity index (χ1v) is 10.5. The number of benzene rings is 1. The van der Waals surface area contributed by atoms with E-state index in [2.05, 4.69) is 21.2 Å². The van der Waals surface area contributed by atoms with Gasteiger partial charge < -0.3 is 14.8 Å². The van der Waals surface area contributed by atoms with E-state index in [9.17, 15) is 14.4 Å². The van der Waals surface area contributed by atoms with E-state index in [0.717, 1.165) is 4.47 Å². The Kier molecular flexibility index (Phi) is 7.32. The fourth-order valence-corrected chi connectivity index (χ4v) is 3.47. The van der Waals surface area contributed by atoms with E-state index in [1.807, 2.05) is 0 Å². The van der Waals surface area contributed by atoms with E-state index in [1.54, 1.807) is 58.9 Å². The lowest BCUT2D eigenvalue weighted by Crippen LogP contribution is -2.56. The molecule has 2 atom stereocenters. The normalized spacial score (nSPS) is 18.7. The van der Waals surface area contributed by atoms with Gasteiger partial charge in [-0.2, -0.15) is 0 Å². The average Bonchev–Trinajstić information content (AvgIpc) is 3.11. The maximum atomic E-state index is 13.1. The molecule has 2 amide bonds. The molecule has 1 aromatic rings. The molecule has 0 aliphatic carbocycles. The van der Waals surface area contributed by atoms with Crippen molar-refractivity contribution in [3.05, 3.63) is 34.3 Å². The van der Waals surface area contributed by atoms with Gasteiger partial charge in [0.15, 0.2) is 5.54 Å². The standard InChI is InChI=1S/C21H29BrN2O5/c1-6-28-18(26)21(5,14-9-11-15(22)12-10-14)23-17(25)16-8-7-13-24(16)19(27)29-20(2,3)4/h9-12,16H,6-8,13H2,1-5H3,(H,23,25)/t16-,21?/m0/s1. The van der Waals surface area contributed by atoms with Gasteiger partial charge in [0.2, 0.25) is 5.91 Å². The van der Waals surface area contributed by atoms with Crippen molar-refractivity contribution in [2.45, 2.75) is 64.6 Å². The molecule has 1 saturated heterocycles. The minimum absolute atomic E-state index is 0.189. The first-order valence-electron chi connectivity index (χ1n) is 9.73. The Morgan fingerprint density at radius 1 is 1.17 bits per heavy atom. The maximum Gasteiger partial charge on any atom is 0.410 e. The summed E-state index contributed by atoms with van der Waals surface area (Å²) in [5, 5.41) is 2.83. The zero-order valence-electron chi connectivity index (χ0n) is 17.6. The molecule has 1 aliphatic heterocycles. The highest BCUT2D eigenvalue weighted by Gasteiger charge is 2.43. The lowest BCUT2D eigenvalue weighted by molar-refractivity contribution is -0.153. The van der Waals surface area contributed by atoms with Crippen LogP contribution >= 0.6 is 15.9 Å². The number of ether oxygens (including phenoxy) is 2. The molecule has 29 heavy (non-hydrogen) atoms. The van der Waals surface area contributed by atoms with Gasteiger partial charge in [-0.1, -0.05) is 28.1 Å². The molecule has 160 valence electrons. The number of nitrogens with zero attached hydrogens (tertiary/aromatic N) is 1. The Hall–Kier alpha value is -2.09. The molecule has 0 spiro atoms. The van der Waals surface area contributed by atoms with Gasteiger partial charge in [-0.3, -0.25) is 9.69 Å². The van der Waals surface area contributed by atoms with Crippen LogP contribution in [-0.4, -0.2) is 47.7 Å². The molecule has 1 unspecified atom stereocenters. The Bertz CT molecular complexity index is 759. The number of halogens is 1. The molecule has 8 heteroatoms. The molecule has 1 fully saturated rings. The third kappa shape index (κ3) is 5.72. The van der Waals surface area contributed by atoms with Crippen LogP contribution in [0, 0.1) is 0 Å². The first-order chi connectivity index (χ1) is 13.5. The topological polar surface area (TPSA) is 84.9 Å². The van der Waals surface area contributed by atoms with Gasteiger partial charge in [0.25, 0.3) is 0 Å². The predicted octanol–water partition coefficient (Wildman–Crippen LogP) is 3.74. The van der Waals surface area contributed by atoms with Gasteiger partial charge in [0.1, 0.15) is 11.6 Å². The second-order valence-corrected chi connectivity index (χ2v) is 9.09. The summed E-state index contributed by atoms with van der Waals surface area (Å²) in [5.41, 5.74) is -1.44. The second kappa shape index (κ2) is 9.15. The van der Waals surface area contributed by atoms with Crippen molar-refractivity contribution >= 4 is 33.9 Å². The van der Waals surface area contributed by atoms with E-state index in [0.29, 0.717) is 24.9 Å². The average molecular weight is 469 g/mol. The summed E-state index contributed by atoms with van der Waals surface area (Å²) < 4.78 is 11.5. The van der Waals surface area contributed by atoms with Crippen molar-refractivity contribution in [2.75, 3.05) is 13.2 Å². The van der Waals surface area contributed by atoms with Crippen LogP contribution in [0.15, 0.2) is 28.7 Å². The molecule has 7 nitrogen and oxygen atoms in total. The molecule has 0 aromatic heterocycles. The molecule has 2 rings (SSSR count). The van der Waals surface area contributed by atoms with E-state index in [-0.39, 0.29) is 6.61 Å². The maximum absolute atomic E-state index is 13.1. The van der Waals surface area contributed by atoms with Crippen molar-refractivity contribution in [3.63, 3.8) is 0 Å².